The van der Waals surface area contributed by atoms with Gasteiger partial charge in [-0.2, -0.15) is 0 Å². The molecule has 0 saturated carbocycles. The largest absolute Gasteiger partial charge is 0.335 e. The number of aromatic nitrogens is 3. The van der Waals surface area contributed by atoms with Crippen molar-refractivity contribution >= 4 is 38.3 Å². The van der Waals surface area contributed by atoms with E-state index in [0.29, 0.717) is 11.7 Å². The Hall–Kier alpha value is -1.40. The number of nitrogens with zero attached hydrogens (tertiary/aromatic N) is 3. The summed E-state index contributed by atoms with van der Waals surface area (Å²) < 4.78 is 4.33. The predicted octanol–water partition coefficient (Wildman–Crippen LogP) is 3.03. The highest BCUT2D eigenvalue weighted by Crippen LogP contribution is 2.24. The highest BCUT2D eigenvalue weighted by Gasteiger charge is 2.15. The lowest BCUT2D eigenvalue weighted by Crippen LogP contribution is -2.22. The number of benzene rings is 1. The number of halogens is 1. The van der Waals surface area contributed by atoms with Gasteiger partial charge in [0.05, 0.1) is 21.0 Å². The van der Waals surface area contributed by atoms with Gasteiger partial charge in [0.1, 0.15) is 0 Å². The SMILES string of the molecule is CCn1c(=O)n(-c2ncc(Br)s2)c2ccccc21. The van der Waals surface area contributed by atoms with Crippen LogP contribution in [-0.4, -0.2) is 14.1 Å². The normalized spacial score (nSPS) is 11.2. The van der Waals surface area contributed by atoms with Crippen LogP contribution in [0.2, 0.25) is 0 Å². The summed E-state index contributed by atoms with van der Waals surface area (Å²) in [6.07, 6.45) is 1.71. The first kappa shape index (κ1) is 11.7. The van der Waals surface area contributed by atoms with Crippen molar-refractivity contribution in [2.75, 3.05) is 0 Å². The lowest BCUT2D eigenvalue weighted by Gasteiger charge is -1.96. The Kier molecular flexibility index (Phi) is 2.83. The second-order valence-corrected chi connectivity index (χ2v) is 6.19. The molecule has 0 unspecified atom stereocenters. The lowest BCUT2D eigenvalue weighted by molar-refractivity contribution is 0.733. The third kappa shape index (κ3) is 1.64. The van der Waals surface area contributed by atoms with E-state index in [1.54, 1.807) is 15.3 Å². The van der Waals surface area contributed by atoms with Gasteiger partial charge in [-0.3, -0.25) is 4.57 Å². The van der Waals surface area contributed by atoms with Gasteiger partial charge in [0, 0.05) is 6.54 Å². The Morgan fingerprint density at radius 2 is 2.06 bits per heavy atom. The van der Waals surface area contributed by atoms with Crippen molar-refractivity contribution in [1.29, 1.82) is 0 Å². The van der Waals surface area contributed by atoms with E-state index in [1.807, 2.05) is 31.2 Å². The highest BCUT2D eigenvalue weighted by atomic mass is 79.9. The van der Waals surface area contributed by atoms with E-state index >= 15 is 0 Å². The summed E-state index contributed by atoms with van der Waals surface area (Å²) in [4.78, 5) is 16.7. The Balaban J connectivity index is 2.42. The number of hydrogen-bond donors (Lipinski definition) is 0. The molecule has 0 bridgehead atoms. The molecule has 2 heterocycles. The van der Waals surface area contributed by atoms with Crippen molar-refractivity contribution in [2.24, 2.45) is 0 Å². The predicted molar refractivity (Wildman–Crippen MR) is 76.6 cm³/mol. The smallest absolute Gasteiger partial charge is 0.292 e. The Morgan fingerprint density at radius 3 is 2.67 bits per heavy atom. The number of hydrogen-bond acceptors (Lipinski definition) is 3. The summed E-state index contributed by atoms with van der Waals surface area (Å²) in [7, 11) is 0. The zero-order valence-corrected chi connectivity index (χ0v) is 12.0. The van der Waals surface area contributed by atoms with Gasteiger partial charge in [0.15, 0.2) is 5.13 Å². The Morgan fingerprint density at radius 1 is 1.33 bits per heavy atom. The molecule has 4 nitrogen and oxygen atoms in total. The molecule has 0 N–H and O–H groups in total. The maximum Gasteiger partial charge on any atom is 0.335 e. The summed E-state index contributed by atoms with van der Waals surface area (Å²) in [5, 5.41) is 0.690. The molecule has 0 aliphatic rings. The van der Waals surface area contributed by atoms with E-state index in [9.17, 15) is 4.79 Å². The van der Waals surface area contributed by atoms with Crippen LogP contribution in [0.25, 0.3) is 16.2 Å². The molecular formula is C12H10BrN3OS. The summed E-state index contributed by atoms with van der Waals surface area (Å²) in [6, 6.07) is 7.77. The molecule has 0 radical (unpaired) electrons. The molecular weight excluding hydrogens is 314 g/mol. The first-order valence-electron chi connectivity index (χ1n) is 5.54. The number of aryl methyl sites for hydroxylation is 1. The highest BCUT2D eigenvalue weighted by molar-refractivity contribution is 9.11. The second-order valence-electron chi connectivity index (χ2n) is 3.80. The maximum atomic E-state index is 12.4. The molecule has 0 aliphatic heterocycles. The molecule has 0 fully saturated rings. The zero-order valence-electron chi connectivity index (χ0n) is 9.63. The van der Waals surface area contributed by atoms with Crippen LogP contribution in [0, 0.1) is 0 Å². The van der Waals surface area contributed by atoms with E-state index < -0.39 is 0 Å². The van der Waals surface area contributed by atoms with E-state index in [2.05, 4.69) is 20.9 Å². The molecule has 0 aliphatic carbocycles. The first-order valence-corrected chi connectivity index (χ1v) is 7.15. The molecule has 0 spiro atoms. The molecule has 3 aromatic rings. The van der Waals surface area contributed by atoms with Crippen LogP contribution in [0.5, 0.6) is 0 Å². The summed E-state index contributed by atoms with van der Waals surface area (Å²) >= 11 is 4.82. The number of imidazole rings is 1. The van der Waals surface area contributed by atoms with Gasteiger partial charge in [0.2, 0.25) is 0 Å². The van der Waals surface area contributed by atoms with Gasteiger partial charge in [-0.1, -0.05) is 23.5 Å². The number of thiazole rings is 1. The molecule has 92 valence electrons. The third-order valence-electron chi connectivity index (χ3n) is 2.81. The minimum absolute atomic E-state index is 0.0412. The third-order valence-corrected chi connectivity index (χ3v) is 4.27. The zero-order chi connectivity index (χ0) is 12.7. The minimum Gasteiger partial charge on any atom is -0.292 e. The van der Waals surface area contributed by atoms with Crippen molar-refractivity contribution in [3.8, 4) is 5.13 Å². The molecule has 0 saturated heterocycles. The second kappa shape index (κ2) is 4.37. The maximum absolute atomic E-state index is 12.4. The first-order chi connectivity index (χ1) is 8.72. The van der Waals surface area contributed by atoms with E-state index in [0.717, 1.165) is 14.8 Å². The Labute approximate surface area is 116 Å². The lowest BCUT2D eigenvalue weighted by atomic mass is 10.3. The quantitative estimate of drug-likeness (QED) is 0.727. The van der Waals surface area contributed by atoms with Crippen molar-refractivity contribution in [3.05, 3.63) is 44.7 Å². The van der Waals surface area contributed by atoms with Crippen LogP contribution < -0.4 is 5.69 Å². The molecule has 3 rings (SSSR count). The topological polar surface area (TPSA) is 39.8 Å². The van der Waals surface area contributed by atoms with Crippen molar-refractivity contribution in [2.45, 2.75) is 13.5 Å². The monoisotopic (exact) mass is 323 g/mol. The number of para-hydroxylation sites is 2. The average Bonchev–Trinajstić information content (AvgIpc) is 2.90. The van der Waals surface area contributed by atoms with Crippen molar-refractivity contribution in [1.82, 2.24) is 14.1 Å². The average molecular weight is 324 g/mol. The fourth-order valence-corrected chi connectivity index (χ4v) is 3.24. The number of fused-ring (bicyclic) bond motifs is 1. The van der Waals surface area contributed by atoms with E-state index in [4.69, 9.17) is 0 Å². The van der Waals surface area contributed by atoms with Crippen LogP contribution in [0.3, 0.4) is 0 Å². The van der Waals surface area contributed by atoms with E-state index in [-0.39, 0.29) is 5.69 Å². The minimum atomic E-state index is -0.0412. The standard InChI is InChI=1S/C12H10BrN3OS/c1-2-15-8-5-3-4-6-9(8)16(12(15)17)11-14-7-10(13)18-11/h3-7H,2H2,1H3. The fraction of sp³-hybridized carbons (Fsp3) is 0.167. The van der Waals surface area contributed by atoms with Gasteiger partial charge in [-0.05, 0) is 35.0 Å². The van der Waals surface area contributed by atoms with Gasteiger partial charge >= 0.3 is 5.69 Å². The van der Waals surface area contributed by atoms with Gasteiger partial charge in [-0.15, -0.1) is 0 Å². The summed E-state index contributed by atoms with van der Waals surface area (Å²) in [6.45, 7) is 2.62. The number of rotatable bonds is 2. The van der Waals surface area contributed by atoms with E-state index in [1.165, 1.54) is 11.3 Å². The Bertz CT molecular complexity index is 771. The van der Waals surface area contributed by atoms with Crippen LogP contribution in [0.15, 0.2) is 39.0 Å². The van der Waals surface area contributed by atoms with Crippen molar-refractivity contribution in [3.63, 3.8) is 0 Å². The molecule has 18 heavy (non-hydrogen) atoms. The van der Waals surface area contributed by atoms with Crippen LogP contribution in [-0.2, 0) is 6.54 Å². The summed E-state index contributed by atoms with van der Waals surface area (Å²) in [5.74, 6) is 0. The molecule has 0 atom stereocenters. The molecule has 2 aromatic heterocycles. The molecule has 0 amide bonds. The van der Waals surface area contributed by atoms with Gasteiger partial charge < -0.3 is 0 Å². The van der Waals surface area contributed by atoms with Crippen LogP contribution >= 0.6 is 27.3 Å². The van der Waals surface area contributed by atoms with Crippen LogP contribution in [0.1, 0.15) is 6.92 Å². The molecule has 1 aromatic carbocycles. The van der Waals surface area contributed by atoms with Gasteiger partial charge in [-0.25, -0.2) is 14.3 Å². The van der Waals surface area contributed by atoms with Crippen molar-refractivity contribution < 1.29 is 0 Å². The fourth-order valence-electron chi connectivity index (χ4n) is 2.05. The van der Waals surface area contributed by atoms with Gasteiger partial charge in [0.25, 0.3) is 0 Å². The van der Waals surface area contributed by atoms with Crippen LogP contribution in [0.4, 0.5) is 0 Å². The molecule has 6 heteroatoms. The summed E-state index contributed by atoms with van der Waals surface area (Å²) in [5.41, 5.74) is 1.79.